The van der Waals surface area contributed by atoms with Crippen LogP contribution in [0.15, 0.2) is 30.7 Å². The van der Waals surface area contributed by atoms with Crippen molar-refractivity contribution in [3.63, 3.8) is 0 Å². The zero-order valence-corrected chi connectivity index (χ0v) is 13.1. The molecule has 0 radical (unpaired) electrons. The second-order valence-electron chi connectivity index (χ2n) is 5.24. The molecule has 0 saturated heterocycles. The van der Waals surface area contributed by atoms with E-state index in [4.69, 9.17) is 0 Å². The summed E-state index contributed by atoms with van der Waals surface area (Å²) in [6.07, 6.45) is 0.253. The minimum absolute atomic E-state index is 0.120. The van der Waals surface area contributed by atoms with E-state index in [0.717, 1.165) is 17.8 Å². The van der Waals surface area contributed by atoms with E-state index >= 15 is 0 Å². The molecule has 130 valence electrons. The van der Waals surface area contributed by atoms with Crippen molar-refractivity contribution in [2.45, 2.75) is 26.1 Å². The Balaban J connectivity index is 1.64. The first kappa shape index (κ1) is 17.8. The largest absolute Gasteiger partial charge is 0.417 e. The lowest BCUT2D eigenvalue weighted by Crippen LogP contribution is -2.29. The maximum Gasteiger partial charge on any atom is 0.417 e. The molecule has 2 heterocycles. The summed E-state index contributed by atoms with van der Waals surface area (Å²) in [6.45, 7) is 3.13. The predicted molar refractivity (Wildman–Crippen MR) is 82.3 cm³/mol. The number of carbonyl (C=O) groups is 1. The van der Waals surface area contributed by atoms with Crippen molar-refractivity contribution in [2.75, 3.05) is 18.4 Å². The number of hydrogen-bond acceptors (Lipinski definition) is 4. The van der Waals surface area contributed by atoms with Crippen LogP contribution < -0.4 is 10.6 Å². The van der Waals surface area contributed by atoms with E-state index in [0.29, 0.717) is 31.9 Å². The van der Waals surface area contributed by atoms with Crippen LogP contribution in [0.25, 0.3) is 0 Å². The van der Waals surface area contributed by atoms with E-state index in [1.54, 1.807) is 10.9 Å². The molecule has 9 heteroatoms. The molecule has 0 saturated carbocycles. The van der Waals surface area contributed by atoms with Gasteiger partial charge in [-0.15, -0.1) is 0 Å². The lowest BCUT2D eigenvalue weighted by Gasteiger charge is -2.09. The molecule has 24 heavy (non-hydrogen) atoms. The molecule has 2 rings (SSSR count). The molecule has 2 N–H and O–H groups in total. The standard InChI is InChI=1S/C15H18F3N5O/c1-11-8-22-23(10-11)7-4-14(24)20-6-5-19-13-3-2-12(9-21-13)15(16,17)18/h2-3,8-10H,4-7H2,1H3,(H,19,21)(H,20,24). The molecule has 2 aromatic heterocycles. The second-order valence-corrected chi connectivity index (χ2v) is 5.24. The van der Waals surface area contributed by atoms with Gasteiger partial charge in [-0.05, 0) is 24.6 Å². The fourth-order valence-corrected chi connectivity index (χ4v) is 1.95. The van der Waals surface area contributed by atoms with Gasteiger partial charge >= 0.3 is 6.18 Å². The van der Waals surface area contributed by atoms with Crippen LogP contribution in [0.1, 0.15) is 17.5 Å². The molecular weight excluding hydrogens is 323 g/mol. The number of aryl methyl sites for hydroxylation is 2. The third-order valence-electron chi connectivity index (χ3n) is 3.17. The molecule has 0 spiro atoms. The fourth-order valence-electron chi connectivity index (χ4n) is 1.95. The number of nitrogens with zero attached hydrogens (tertiary/aromatic N) is 3. The zero-order valence-electron chi connectivity index (χ0n) is 13.1. The van der Waals surface area contributed by atoms with Crippen LogP contribution in [0.4, 0.5) is 19.0 Å². The van der Waals surface area contributed by atoms with E-state index in [9.17, 15) is 18.0 Å². The molecule has 1 amide bonds. The fraction of sp³-hybridized carbons (Fsp3) is 0.400. The molecule has 0 aliphatic carbocycles. The molecule has 2 aromatic rings. The van der Waals surface area contributed by atoms with Crippen LogP contribution >= 0.6 is 0 Å². The number of nitrogens with one attached hydrogen (secondary N) is 2. The van der Waals surface area contributed by atoms with Gasteiger partial charge in [0.2, 0.25) is 5.91 Å². The quantitative estimate of drug-likeness (QED) is 0.758. The summed E-state index contributed by atoms with van der Waals surface area (Å²) >= 11 is 0. The summed E-state index contributed by atoms with van der Waals surface area (Å²) < 4.78 is 38.9. The van der Waals surface area contributed by atoms with Gasteiger partial charge in [-0.2, -0.15) is 18.3 Å². The summed E-state index contributed by atoms with van der Waals surface area (Å²) in [5, 5.41) is 9.64. The Bertz CT molecular complexity index is 666. The number of rotatable bonds is 7. The number of alkyl halides is 3. The lowest BCUT2D eigenvalue weighted by molar-refractivity contribution is -0.137. The molecule has 0 atom stereocenters. The third-order valence-corrected chi connectivity index (χ3v) is 3.17. The highest BCUT2D eigenvalue weighted by molar-refractivity contribution is 5.75. The topological polar surface area (TPSA) is 71.8 Å². The smallest absolute Gasteiger partial charge is 0.368 e. The van der Waals surface area contributed by atoms with Gasteiger partial charge in [0.25, 0.3) is 0 Å². The maximum atomic E-state index is 12.4. The highest BCUT2D eigenvalue weighted by Crippen LogP contribution is 2.28. The SMILES string of the molecule is Cc1cnn(CCC(=O)NCCNc2ccc(C(F)(F)F)cn2)c1. The van der Waals surface area contributed by atoms with E-state index in [1.165, 1.54) is 6.07 Å². The number of halogens is 3. The summed E-state index contributed by atoms with van der Waals surface area (Å²) in [5.74, 6) is 0.203. The number of aromatic nitrogens is 3. The van der Waals surface area contributed by atoms with E-state index < -0.39 is 11.7 Å². The molecule has 0 aliphatic heterocycles. The summed E-state index contributed by atoms with van der Waals surface area (Å²) in [5.41, 5.74) is 0.235. The van der Waals surface area contributed by atoms with Crippen molar-refractivity contribution >= 4 is 11.7 Å². The minimum Gasteiger partial charge on any atom is -0.368 e. The van der Waals surface area contributed by atoms with Gasteiger partial charge in [0.1, 0.15) is 5.82 Å². The Hall–Kier alpha value is -2.58. The van der Waals surface area contributed by atoms with Crippen molar-refractivity contribution in [2.24, 2.45) is 0 Å². The first-order valence-electron chi connectivity index (χ1n) is 7.37. The number of pyridine rings is 1. The minimum atomic E-state index is -4.40. The van der Waals surface area contributed by atoms with Crippen molar-refractivity contribution in [3.8, 4) is 0 Å². The third kappa shape index (κ3) is 5.56. The summed E-state index contributed by atoms with van der Waals surface area (Å²) in [6, 6.07) is 2.21. The Morgan fingerprint density at radius 3 is 2.62 bits per heavy atom. The van der Waals surface area contributed by atoms with Crippen LogP contribution in [0.2, 0.25) is 0 Å². The lowest BCUT2D eigenvalue weighted by atomic mass is 10.3. The van der Waals surface area contributed by atoms with Gasteiger partial charge in [0, 0.05) is 38.4 Å². The molecular formula is C15H18F3N5O. The van der Waals surface area contributed by atoms with Gasteiger partial charge in [-0.3, -0.25) is 9.48 Å². The molecule has 0 aliphatic rings. The second kappa shape index (κ2) is 7.80. The Morgan fingerprint density at radius 1 is 1.25 bits per heavy atom. The maximum absolute atomic E-state index is 12.4. The molecule has 0 fully saturated rings. The average molecular weight is 341 g/mol. The molecule has 0 aromatic carbocycles. The molecule has 6 nitrogen and oxygen atoms in total. The zero-order chi connectivity index (χ0) is 17.6. The highest BCUT2D eigenvalue weighted by atomic mass is 19.4. The highest BCUT2D eigenvalue weighted by Gasteiger charge is 2.30. The number of hydrogen-bond donors (Lipinski definition) is 2. The van der Waals surface area contributed by atoms with E-state index in [1.807, 2.05) is 13.1 Å². The van der Waals surface area contributed by atoms with Crippen molar-refractivity contribution in [1.82, 2.24) is 20.1 Å². The van der Waals surface area contributed by atoms with Gasteiger partial charge in [0.05, 0.1) is 11.8 Å². The van der Waals surface area contributed by atoms with Gasteiger partial charge < -0.3 is 10.6 Å². The average Bonchev–Trinajstić information content (AvgIpc) is 2.95. The number of amides is 1. The van der Waals surface area contributed by atoms with Crippen molar-refractivity contribution in [3.05, 3.63) is 41.9 Å². The monoisotopic (exact) mass is 341 g/mol. The molecule has 0 unspecified atom stereocenters. The number of anilines is 1. The predicted octanol–water partition coefficient (Wildman–Crippen LogP) is 2.22. The van der Waals surface area contributed by atoms with Crippen LogP contribution in [0, 0.1) is 6.92 Å². The number of carbonyl (C=O) groups excluding carboxylic acids is 1. The Morgan fingerprint density at radius 2 is 2.04 bits per heavy atom. The van der Waals surface area contributed by atoms with Crippen LogP contribution in [0.3, 0.4) is 0 Å². The van der Waals surface area contributed by atoms with Gasteiger partial charge in [-0.1, -0.05) is 0 Å². The van der Waals surface area contributed by atoms with E-state index in [2.05, 4.69) is 20.7 Å². The van der Waals surface area contributed by atoms with Crippen molar-refractivity contribution < 1.29 is 18.0 Å². The first-order valence-corrected chi connectivity index (χ1v) is 7.37. The van der Waals surface area contributed by atoms with E-state index in [-0.39, 0.29) is 5.91 Å². The summed E-state index contributed by atoms with van der Waals surface area (Å²) in [7, 11) is 0. The Kier molecular flexibility index (Phi) is 5.78. The van der Waals surface area contributed by atoms with Crippen LogP contribution in [-0.4, -0.2) is 33.8 Å². The first-order chi connectivity index (χ1) is 11.3. The normalized spacial score (nSPS) is 11.3. The van der Waals surface area contributed by atoms with Crippen LogP contribution in [-0.2, 0) is 17.5 Å². The van der Waals surface area contributed by atoms with Gasteiger partial charge in [0.15, 0.2) is 0 Å². The Labute approximate surface area is 137 Å². The van der Waals surface area contributed by atoms with Crippen molar-refractivity contribution in [1.29, 1.82) is 0 Å². The molecule has 0 bridgehead atoms. The summed E-state index contributed by atoms with van der Waals surface area (Å²) in [4.78, 5) is 15.4. The van der Waals surface area contributed by atoms with Gasteiger partial charge in [-0.25, -0.2) is 4.98 Å². The van der Waals surface area contributed by atoms with Crippen LogP contribution in [0.5, 0.6) is 0 Å².